The van der Waals surface area contributed by atoms with Crippen LogP contribution >= 0.6 is 15.9 Å². The summed E-state index contributed by atoms with van der Waals surface area (Å²) in [5.41, 5.74) is 10.9. The summed E-state index contributed by atoms with van der Waals surface area (Å²) in [5.74, 6) is -0.110. The zero-order valence-electron chi connectivity index (χ0n) is 11.8. The number of hydrogen-bond acceptors (Lipinski definition) is 2. The SMILES string of the molecule is Cc1cc(C)c(C(=O)Nc2ccc(Br)c(N)c2)c(C)c1. The molecule has 0 fully saturated rings. The van der Waals surface area contributed by atoms with Crippen LogP contribution < -0.4 is 11.1 Å². The van der Waals surface area contributed by atoms with Crippen molar-refractivity contribution in [3.8, 4) is 0 Å². The predicted octanol–water partition coefficient (Wildman–Crippen LogP) is 4.21. The number of halogens is 1. The van der Waals surface area contributed by atoms with Crippen molar-refractivity contribution < 1.29 is 4.79 Å². The molecular formula is C16H17BrN2O. The van der Waals surface area contributed by atoms with Crippen LogP contribution in [-0.2, 0) is 0 Å². The van der Waals surface area contributed by atoms with Crippen LogP contribution in [0.4, 0.5) is 11.4 Å². The lowest BCUT2D eigenvalue weighted by molar-refractivity contribution is 0.102. The van der Waals surface area contributed by atoms with Gasteiger partial charge in [-0.1, -0.05) is 17.7 Å². The second kappa shape index (κ2) is 5.67. The molecule has 0 aliphatic heterocycles. The molecule has 0 saturated carbocycles. The number of carbonyl (C=O) groups is 1. The van der Waals surface area contributed by atoms with Gasteiger partial charge < -0.3 is 11.1 Å². The van der Waals surface area contributed by atoms with Crippen molar-refractivity contribution in [1.29, 1.82) is 0 Å². The lowest BCUT2D eigenvalue weighted by atomic mass is 9.99. The second-order valence-corrected chi connectivity index (χ2v) is 5.82. The van der Waals surface area contributed by atoms with Crippen LogP contribution in [0.3, 0.4) is 0 Å². The fraction of sp³-hybridized carbons (Fsp3) is 0.188. The number of benzene rings is 2. The van der Waals surface area contributed by atoms with Gasteiger partial charge in [-0.15, -0.1) is 0 Å². The normalized spacial score (nSPS) is 10.4. The maximum Gasteiger partial charge on any atom is 0.256 e. The molecule has 2 aromatic carbocycles. The van der Waals surface area contributed by atoms with Gasteiger partial charge >= 0.3 is 0 Å². The number of anilines is 2. The lowest BCUT2D eigenvalue weighted by Crippen LogP contribution is -2.15. The lowest BCUT2D eigenvalue weighted by Gasteiger charge is -2.12. The molecule has 0 aromatic heterocycles. The van der Waals surface area contributed by atoms with Crippen LogP contribution in [0, 0.1) is 20.8 Å². The average Bonchev–Trinajstić information content (AvgIpc) is 2.32. The third-order valence-corrected chi connectivity index (χ3v) is 3.88. The van der Waals surface area contributed by atoms with E-state index >= 15 is 0 Å². The molecule has 0 bridgehead atoms. The van der Waals surface area contributed by atoms with E-state index in [1.54, 1.807) is 6.07 Å². The number of hydrogen-bond donors (Lipinski definition) is 2. The van der Waals surface area contributed by atoms with E-state index in [2.05, 4.69) is 21.2 Å². The van der Waals surface area contributed by atoms with Crippen LogP contribution in [0.15, 0.2) is 34.8 Å². The maximum atomic E-state index is 12.4. The van der Waals surface area contributed by atoms with Gasteiger partial charge in [0.2, 0.25) is 0 Å². The van der Waals surface area contributed by atoms with E-state index in [0.29, 0.717) is 11.4 Å². The summed E-state index contributed by atoms with van der Waals surface area (Å²) in [6.45, 7) is 5.92. The largest absolute Gasteiger partial charge is 0.398 e. The van der Waals surface area contributed by atoms with Crippen molar-refractivity contribution in [2.75, 3.05) is 11.1 Å². The van der Waals surface area contributed by atoms with E-state index < -0.39 is 0 Å². The topological polar surface area (TPSA) is 55.1 Å². The minimum absolute atomic E-state index is 0.110. The Morgan fingerprint density at radius 2 is 1.70 bits per heavy atom. The Hall–Kier alpha value is -1.81. The van der Waals surface area contributed by atoms with Crippen molar-refractivity contribution in [2.24, 2.45) is 0 Å². The molecule has 0 aliphatic rings. The van der Waals surface area contributed by atoms with Gasteiger partial charge in [-0.25, -0.2) is 0 Å². The summed E-state index contributed by atoms with van der Waals surface area (Å²) >= 11 is 3.33. The highest BCUT2D eigenvalue weighted by molar-refractivity contribution is 9.10. The number of nitrogen functional groups attached to an aromatic ring is 1. The first kappa shape index (κ1) is 14.6. The molecule has 1 amide bonds. The molecule has 0 aliphatic carbocycles. The fourth-order valence-electron chi connectivity index (χ4n) is 2.35. The van der Waals surface area contributed by atoms with Crippen molar-refractivity contribution >= 4 is 33.2 Å². The quantitative estimate of drug-likeness (QED) is 0.809. The van der Waals surface area contributed by atoms with E-state index in [9.17, 15) is 4.79 Å². The van der Waals surface area contributed by atoms with Gasteiger partial charge in [0, 0.05) is 21.4 Å². The summed E-state index contributed by atoms with van der Waals surface area (Å²) < 4.78 is 0.818. The van der Waals surface area contributed by atoms with Gasteiger partial charge in [-0.2, -0.15) is 0 Å². The van der Waals surface area contributed by atoms with E-state index in [1.807, 2.05) is 45.0 Å². The molecule has 2 aromatic rings. The first-order chi connectivity index (χ1) is 9.38. The number of carbonyl (C=O) groups excluding carboxylic acids is 1. The van der Waals surface area contributed by atoms with Gasteiger partial charge in [-0.3, -0.25) is 4.79 Å². The van der Waals surface area contributed by atoms with E-state index in [4.69, 9.17) is 5.73 Å². The van der Waals surface area contributed by atoms with E-state index in [0.717, 1.165) is 26.7 Å². The molecule has 0 saturated heterocycles. The molecular weight excluding hydrogens is 316 g/mol. The molecule has 2 rings (SSSR count). The predicted molar refractivity (Wildman–Crippen MR) is 87.2 cm³/mol. The molecule has 0 unspecified atom stereocenters. The Morgan fingerprint density at radius 3 is 2.25 bits per heavy atom. The molecule has 3 nitrogen and oxygen atoms in total. The first-order valence-electron chi connectivity index (χ1n) is 6.32. The summed E-state index contributed by atoms with van der Waals surface area (Å²) in [7, 11) is 0. The summed E-state index contributed by atoms with van der Waals surface area (Å²) in [6.07, 6.45) is 0. The zero-order chi connectivity index (χ0) is 14.9. The second-order valence-electron chi connectivity index (χ2n) is 4.96. The Morgan fingerprint density at radius 1 is 1.10 bits per heavy atom. The van der Waals surface area contributed by atoms with Crippen molar-refractivity contribution in [3.05, 3.63) is 57.1 Å². The molecule has 0 atom stereocenters. The third kappa shape index (κ3) is 3.02. The third-order valence-electron chi connectivity index (χ3n) is 3.16. The Bertz CT molecular complexity index is 657. The molecule has 104 valence electrons. The number of nitrogens with two attached hydrogens (primary N) is 1. The van der Waals surface area contributed by atoms with Crippen LogP contribution in [0.1, 0.15) is 27.0 Å². The molecule has 0 heterocycles. The highest BCUT2D eigenvalue weighted by Gasteiger charge is 2.13. The Kier molecular flexibility index (Phi) is 4.14. The van der Waals surface area contributed by atoms with Crippen molar-refractivity contribution in [3.63, 3.8) is 0 Å². The number of aryl methyl sites for hydroxylation is 3. The van der Waals surface area contributed by atoms with Gasteiger partial charge in [0.05, 0.1) is 0 Å². The standard InChI is InChI=1S/C16H17BrN2O/c1-9-6-10(2)15(11(3)7-9)16(20)19-12-4-5-13(17)14(18)8-12/h4-8H,18H2,1-3H3,(H,19,20). The highest BCUT2D eigenvalue weighted by atomic mass is 79.9. The van der Waals surface area contributed by atoms with Crippen molar-refractivity contribution in [2.45, 2.75) is 20.8 Å². The molecule has 0 spiro atoms. The minimum atomic E-state index is -0.110. The molecule has 20 heavy (non-hydrogen) atoms. The first-order valence-corrected chi connectivity index (χ1v) is 7.12. The minimum Gasteiger partial charge on any atom is -0.398 e. The van der Waals surface area contributed by atoms with Gasteiger partial charge in [0.25, 0.3) is 5.91 Å². The van der Waals surface area contributed by atoms with Crippen LogP contribution in [0.2, 0.25) is 0 Å². The molecule has 3 N–H and O–H groups in total. The van der Waals surface area contributed by atoms with Crippen LogP contribution in [-0.4, -0.2) is 5.91 Å². The summed E-state index contributed by atoms with van der Waals surface area (Å²) in [4.78, 5) is 12.4. The number of nitrogens with one attached hydrogen (secondary N) is 1. The Balaban J connectivity index is 2.31. The van der Waals surface area contributed by atoms with E-state index in [-0.39, 0.29) is 5.91 Å². The van der Waals surface area contributed by atoms with Gasteiger partial charge in [0.15, 0.2) is 0 Å². The van der Waals surface area contributed by atoms with E-state index in [1.165, 1.54) is 0 Å². The molecule has 4 heteroatoms. The van der Waals surface area contributed by atoms with Crippen molar-refractivity contribution in [1.82, 2.24) is 0 Å². The smallest absolute Gasteiger partial charge is 0.256 e. The zero-order valence-corrected chi connectivity index (χ0v) is 13.3. The molecule has 0 radical (unpaired) electrons. The highest BCUT2D eigenvalue weighted by Crippen LogP contribution is 2.24. The maximum absolute atomic E-state index is 12.4. The van der Waals surface area contributed by atoms with Crippen LogP contribution in [0.5, 0.6) is 0 Å². The number of rotatable bonds is 2. The summed E-state index contributed by atoms with van der Waals surface area (Å²) in [6, 6.07) is 9.40. The average molecular weight is 333 g/mol. The monoisotopic (exact) mass is 332 g/mol. The van der Waals surface area contributed by atoms with Gasteiger partial charge in [-0.05, 0) is 66.0 Å². The fourth-order valence-corrected chi connectivity index (χ4v) is 2.60. The van der Waals surface area contributed by atoms with Gasteiger partial charge in [0.1, 0.15) is 0 Å². The summed E-state index contributed by atoms with van der Waals surface area (Å²) in [5, 5.41) is 2.89. The van der Waals surface area contributed by atoms with Crippen LogP contribution in [0.25, 0.3) is 0 Å². The Labute approximate surface area is 127 Å². The number of amides is 1.